The summed E-state index contributed by atoms with van der Waals surface area (Å²) >= 11 is 6.26. The maximum atomic E-state index is 11.5. The van der Waals surface area contributed by atoms with Crippen molar-refractivity contribution in [3.05, 3.63) is 61.6 Å². The predicted octanol–water partition coefficient (Wildman–Crippen LogP) is 2.34. The van der Waals surface area contributed by atoms with E-state index in [1.54, 1.807) is 0 Å². The molecule has 10 heteroatoms. The Morgan fingerprint density at radius 1 is 1.56 bits per heavy atom. The molecule has 0 saturated carbocycles. The Labute approximate surface area is 146 Å². The summed E-state index contributed by atoms with van der Waals surface area (Å²) < 4.78 is 10.5. The standard InChI is InChI=1S/C15H12ClN5O4/c1-24-6-9-13-11(7(5-17)14(18)25-15(13)20-19-9)12-8(16)3-2-4-10(12)21(22)23/h2-4,11H,6,18H2,1H3,(H,19,20). The normalized spacial score (nSPS) is 16.1. The van der Waals surface area contributed by atoms with Crippen LogP contribution >= 0.6 is 11.6 Å². The SMILES string of the molecule is COCc1[nH]nc2c1C(c1c(Cl)cccc1[N+](=O)[O-])C(C#N)=C(N)O2. The molecule has 128 valence electrons. The fraction of sp³-hybridized carbons (Fsp3) is 0.200. The summed E-state index contributed by atoms with van der Waals surface area (Å²) in [5, 5.41) is 27.9. The highest BCUT2D eigenvalue weighted by Gasteiger charge is 2.39. The highest BCUT2D eigenvalue weighted by atomic mass is 35.5. The maximum Gasteiger partial charge on any atom is 0.275 e. The second-order valence-corrected chi connectivity index (χ2v) is 5.62. The average Bonchev–Trinajstić information content (AvgIpc) is 2.96. The van der Waals surface area contributed by atoms with Crippen molar-refractivity contribution in [3.63, 3.8) is 0 Å². The van der Waals surface area contributed by atoms with E-state index in [2.05, 4.69) is 10.2 Å². The number of aromatic nitrogens is 2. The van der Waals surface area contributed by atoms with E-state index in [1.165, 1.54) is 25.3 Å². The maximum absolute atomic E-state index is 11.5. The van der Waals surface area contributed by atoms with Gasteiger partial charge in [-0.15, -0.1) is 5.10 Å². The fourth-order valence-corrected chi connectivity index (χ4v) is 3.10. The minimum absolute atomic E-state index is 0.0162. The number of ether oxygens (including phenoxy) is 2. The third-order valence-electron chi connectivity index (χ3n) is 3.82. The molecule has 0 bridgehead atoms. The molecule has 0 spiro atoms. The number of hydrogen-bond donors (Lipinski definition) is 2. The number of hydrogen-bond acceptors (Lipinski definition) is 7. The molecule has 1 aliphatic rings. The predicted molar refractivity (Wildman–Crippen MR) is 86.7 cm³/mol. The zero-order valence-corrected chi connectivity index (χ0v) is 13.7. The van der Waals surface area contributed by atoms with Gasteiger partial charge in [0.15, 0.2) is 0 Å². The minimum Gasteiger partial charge on any atom is -0.420 e. The van der Waals surface area contributed by atoms with Crippen LogP contribution < -0.4 is 10.5 Å². The summed E-state index contributed by atoms with van der Waals surface area (Å²) in [6.07, 6.45) is 0. The van der Waals surface area contributed by atoms with Crippen LogP contribution in [-0.2, 0) is 11.3 Å². The summed E-state index contributed by atoms with van der Waals surface area (Å²) in [6, 6.07) is 6.26. The van der Waals surface area contributed by atoms with Crippen molar-refractivity contribution < 1.29 is 14.4 Å². The van der Waals surface area contributed by atoms with Crippen LogP contribution in [0.25, 0.3) is 0 Å². The van der Waals surface area contributed by atoms with Gasteiger partial charge in [-0.2, -0.15) is 5.26 Å². The highest BCUT2D eigenvalue weighted by Crippen LogP contribution is 2.47. The number of nitrogens with one attached hydrogen (secondary N) is 1. The zero-order valence-electron chi connectivity index (χ0n) is 12.9. The van der Waals surface area contributed by atoms with Crippen LogP contribution in [-0.4, -0.2) is 22.2 Å². The van der Waals surface area contributed by atoms with Crippen molar-refractivity contribution in [2.24, 2.45) is 5.73 Å². The molecule has 1 aromatic heterocycles. The van der Waals surface area contributed by atoms with Crippen molar-refractivity contribution in [3.8, 4) is 11.9 Å². The zero-order chi connectivity index (χ0) is 18.1. The summed E-state index contributed by atoms with van der Waals surface area (Å²) in [6.45, 7) is 0.138. The van der Waals surface area contributed by atoms with Crippen LogP contribution in [0.2, 0.25) is 5.02 Å². The molecule has 1 aliphatic heterocycles. The van der Waals surface area contributed by atoms with E-state index in [-0.39, 0.29) is 40.2 Å². The molecule has 3 N–H and O–H groups in total. The third-order valence-corrected chi connectivity index (χ3v) is 4.15. The Morgan fingerprint density at radius 3 is 2.96 bits per heavy atom. The lowest BCUT2D eigenvalue weighted by Gasteiger charge is -2.24. The molecule has 0 aliphatic carbocycles. The van der Waals surface area contributed by atoms with E-state index in [4.69, 9.17) is 26.8 Å². The fourth-order valence-electron chi connectivity index (χ4n) is 2.82. The van der Waals surface area contributed by atoms with Gasteiger partial charge in [0.05, 0.1) is 39.3 Å². The number of fused-ring (bicyclic) bond motifs is 1. The van der Waals surface area contributed by atoms with Gasteiger partial charge < -0.3 is 15.2 Å². The molecular formula is C15H12ClN5O4. The topological polar surface area (TPSA) is 140 Å². The van der Waals surface area contributed by atoms with Crippen molar-refractivity contribution in [1.82, 2.24) is 10.2 Å². The molecule has 1 atom stereocenters. The summed E-state index contributed by atoms with van der Waals surface area (Å²) in [5.41, 5.74) is 6.71. The number of halogens is 1. The molecule has 9 nitrogen and oxygen atoms in total. The van der Waals surface area contributed by atoms with Gasteiger partial charge in [0.1, 0.15) is 11.6 Å². The molecule has 2 heterocycles. The van der Waals surface area contributed by atoms with Gasteiger partial charge in [0.25, 0.3) is 5.69 Å². The molecule has 1 unspecified atom stereocenters. The number of H-pyrrole nitrogens is 1. The van der Waals surface area contributed by atoms with Crippen LogP contribution in [0, 0.1) is 21.4 Å². The first-order chi connectivity index (χ1) is 12.0. The Hall–Kier alpha value is -3.09. The molecule has 0 fully saturated rings. The number of methoxy groups -OCH3 is 1. The minimum atomic E-state index is -0.897. The molecular weight excluding hydrogens is 350 g/mol. The van der Waals surface area contributed by atoms with Crippen molar-refractivity contribution in [2.75, 3.05) is 7.11 Å². The Kier molecular flexibility index (Phi) is 4.31. The quantitative estimate of drug-likeness (QED) is 0.628. The lowest BCUT2D eigenvalue weighted by atomic mass is 9.83. The number of nitro groups is 1. The number of rotatable bonds is 4. The molecule has 0 radical (unpaired) electrons. The van der Waals surface area contributed by atoms with Crippen LogP contribution in [0.3, 0.4) is 0 Å². The Balaban J connectivity index is 2.34. The van der Waals surface area contributed by atoms with Gasteiger partial charge in [-0.25, -0.2) is 0 Å². The van der Waals surface area contributed by atoms with E-state index in [0.717, 1.165) is 0 Å². The van der Waals surface area contributed by atoms with Gasteiger partial charge in [0.2, 0.25) is 11.8 Å². The van der Waals surface area contributed by atoms with Crippen molar-refractivity contribution in [2.45, 2.75) is 12.5 Å². The molecule has 0 saturated heterocycles. The first-order valence-electron chi connectivity index (χ1n) is 7.06. The summed E-state index contributed by atoms with van der Waals surface area (Å²) in [5.74, 6) is -0.945. The van der Waals surface area contributed by atoms with Gasteiger partial charge >= 0.3 is 0 Å². The molecule has 0 amide bonds. The monoisotopic (exact) mass is 361 g/mol. The van der Waals surface area contributed by atoms with E-state index < -0.39 is 10.8 Å². The number of nitrogens with two attached hydrogens (primary N) is 1. The smallest absolute Gasteiger partial charge is 0.275 e. The largest absolute Gasteiger partial charge is 0.420 e. The van der Waals surface area contributed by atoms with E-state index in [1.807, 2.05) is 6.07 Å². The summed E-state index contributed by atoms with van der Waals surface area (Å²) in [7, 11) is 1.49. The molecule has 2 aromatic rings. The number of nitrogens with zero attached hydrogens (tertiary/aromatic N) is 3. The Morgan fingerprint density at radius 2 is 2.32 bits per heavy atom. The number of nitro benzene ring substituents is 1. The Bertz CT molecular complexity index is 930. The second-order valence-electron chi connectivity index (χ2n) is 5.21. The average molecular weight is 362 g/mol. The van der Waals surface area contributed by atoms with Crippen LogP contribution in [0.1, 0.15) is 22.7 Å². The first kappa shape index (κ1) is 16.8. The van der Waals surface area contributed by atoms with E-state index in [0.29, 0.717) is 11.3 Å². The van der Waals surface area contributed by atoms with Gasteiger partial charge in [-0.05, 0) is 6.07 Å². The van der Waals surface area contributed by atoms with Gasteiger partial charge in [-0.1, -0.05) is 17.7 Å². The van der Waals surface area contributed by atoms with Crippen LogP contribution in [0.15, 0.2) is 29.7 Å². The summed E-state index contributed by atoms with van der Waals surface area (Å²) in [4.78, 5) is 10.9. The van der Waals surface area contributed by atoms with Crippen molar-refractivity contribution >= 4 is 17.3 Å². The van der Waals surface area contributed by atoms with Crippen LogP contribution in [0.5, 0.6) is 5.88 Å². The lowest BCUT2D eigenvalue weighted by Crippen LogP contribution is -2.22. The van der Waals surface area contributed by atoms with Gasteiger partial charge in [-0.3, -0.25) is 15.2 Å². The third kappa shape index (κ3) is 2.67. The second kappa shape index (κ2) is 6.43. The number of nitriles is 1. The van der Waals surface area contributed by atoms with E-state index >= 15 is 0 Å². The lowest BCUT2D eigenvalue weighted by molar-refractivity contribution is -0.385. The molecule has 25 heavy (non-hydrogen) atoms. The number of allylic oxidation sites excluding steroid dienone is 1. The van der Waals surface area contributed by atoms with E-state index in [9.17, 15) is 15.4 Å². The first-order valence-corrected chi connectivity index (χ1v) is 7.43. The molecule has 3 rings (SSSR count). The van der Waals surface area contributed by atoms with Crippen molar-refractivity contribution in [1.29, 1.82) is 5.26 Å². The number of benzene rings is 1. The van der Waals surface area contributed by atoms with Gasteiger partial charge in [0, 0.05) is 13.2 Å². The highest BCUT2D eigenvalue weighted by molar-refractivity contribution is 6.31. The number of aromatic amines is 1. The van der Waals surface area contributed by atoms with Crippen LogP contribution in [0.4, 0.5) is 5.69 Å². The molecule has 1 aromatic carbocycles.